The number of ether oxygens (including phenoxy) is 1. The standard InChI is InChI=1S/C21H24Cl2N2O3/c1-4-18(21(27)24-3)25(12-15-9-10-16(22)17(23)11-15)20(26)13-28-19-8-6-5-7-14(19)2/h5-11,18H,4,12-13H2,1-3H3,(H,24,27)/t18-/m1/s1. The van der Waals surface area contributed by atoms with Gasteiger partial charge in [0.15, 0.2) is 6.61 Å². The smallest absolute Gasteiger partial charge is 0.261 e. The van der Waals surface area contributed by atoms with Gasteiger partial charge in [-0.1, -0.05) is 54.4 Å². The Kier molecular flexibility index (Phi) is 8.15. The molecule has 1 atom stereocenters. The Morgan fingerprint density at radius 3 is 2.46 bits per heavy atom. The van der Waals surface area contributed by atoms with Crippen molar-refractivity contribution in [3.8, 4) is 5.75 Å². The third kappa shape index (κ3) is 5.63. The zero-order valence-corrected chi connectivity index (χ0v) is 17.7. The minimum atomic E-state index is -0.618. The zero-order chi connectivity index (χ0) is 20.7. The number of carbonyl (C=O) groups is 2. The zero-order valence-electron chi connectivity index (χ0n) is 16.2. The Bertz CT molecular complexity index is 842. The SMILES string of the molecule is CC[C@H](C(=O)NC)N(Cc1ccc(Cl)c(Cl)c1)C(=O)COc1ccccc1C. The molecule has 5 nitrogen and oxygen atoms in total. The van der Waals surface area contributed by atoms with Crippen LogP contribution in [0.2, 0.25) is 10.0 Å². The second kappa shape index (κ2) is 10.3. The van der Waals surface area contributed by atoms with Gasteiger partial charge in [-0.15, -0.1) is 0 Å². The fourth-order valence-corrected chi connectivity index (χ4v) is 3.18. The number of hydrogen-bond donors (Lipinski definition) is 1. The van der Waals surface area contributed by atoms with Crippen LogP contribution in [0.3, 0.4) is 0 Å². The lowest BCUT2D eigenvalue weighted by Crippen LogP contribution is -2.49. The molecule has 0 fully saturated rings. The van der Waals surface area contributed by atoms with Crippen molar-refractivity contribution < 1.29 is 14.3 Å². The van der Waals surface area contributed by atoms with Crippen LogP contribution in [0.4, 0.5) is 0 Å². The monoisotopic (exact) mass is 422 g/mol. The molecule has 2 amide bonds. The summed E-state index contributed by atoms with van der Waals surface area (Å²) in [6.45, 7) is 3.82. The highest BCUT2D eigenvalue weighted by molar-refractivity contribution is 6.42. The molecule has 0 aliphatic carbocycles. The number of carbonyl (C=O) groups excluding carboxylic acids is 2. The van der Waals surface area contributed by atoms with Crippen LogP contribution in [0.1, 0.15) is 24.5 Å². The molecule has 0 bridgehead atoms. The number of amides is 2. The summed E-state index contributed by atoms with van der Waals surface area (Å²) in [5, 5.41) is 3.45. The summed E-state index contributed by atoms with van der Waals surface area (Å²) in [6, 6.07) is 12.0. The molecule has 0 radical (unpaired) electrons. The van der Waals surface area contributed by atoms with Crippen LogP contribution in [0.15, 0.2) is 42.5 Å². The maximum atomic E-state index is 13.0. The van der Waals surface area contributed by atoms with Gasteiger partial charge >= 0.3 is 0 Å². The molecule has 0 heterocycles. The molecule has 0 aliphatic heterocycles. The van der Waals surface area contributed by atoms with E-state index >= 15 is 0 Å². The summed E-state index contributed by atoms with van der Waals surface area (Å²) < 4.78 is 5.70. The van der Waals surface area contributed by atoms with Crippen molar-refractivity contribution in [1.82, 2.24) is 10.2 Å². The van der Waals surface area contributed by atoms with Crippen LogP contribution in [0, 0.1) is 6.92 Å². The maximum Gasteiger partial charge on any atom is 0.261 e. The first-order valence-corrected chi connectivity index (χ1v) is 9.76. The van der Waals surface area contributed by atoms with E-state index in [0.29, 0.717) is 22.2 Å². The van der Waals surface area contributed by atoms with Gasteiger partial charge < -0.3 is 15.0 Å². The van der Waals surface area contributed by atoms with E-state index in [9.17, 15) is 9.59 Å². The van der Waals surface area contributed by atoms with Gasteiger partial charge in [0.05, 0.1) is 10.0 Å². The number of hydrogen-bond acceptors (Lipinski definition) is 3. The number of nitrogens with one attached hydrogen (secondary N) is 1. The average molecular weight is 423 g/mol. The molecule has 2 aromatic rings. The predicted octanol–water partition coefficient (Wildman–Crippen LogP) is 4.23. The van der Waals surface area contributed by atoms with Crippen molar-refractivity contribution >= 4 is 35.0 Å². The normalized spacial score (nSPS) is 11.6. The van der Waals surface area contributed by atoms with E-state index in [-0.39, 0.29) is 25.0 Å². The Labute approximate surface area is 175 Å². The quantitative estimate of drug-likeness (QED) is 0.691. The molecule has 2 rings (SSSR count). The van der Waals surface area contributed by atoms with Crippen molar-refractivity contribution in [2.45, 2.75) is 32.9 Å². The number of aryl methyl sites for hydroxylation is 1. The average Bonchev–Trinajstić information content (AvgIpc) is 2.69. The van der Waals surface area contributed by atoms with Gasteiger partial charge in [0.25, 0.3) is 5.91 Å². The molecule has 150 valence electrons. The largest absolute Gasteiger partial charge is 0.484 e. The van der Waals surface area contributed by atoms with Crippen LogP contribution in [0.5, 0.6) is 5.75 Å². The number of nitrogens with zero attached hydrogens (tertiary/aromatic N) is 1. The summed E-state index contributed by atoms with van der Waals surface area (Å²) in [5.41, 5.74) is 1.71. The Morgan fingerprint density at radius 1 is 1.14 bits per heavy atom. The molecule has 0 spiro atoms. The molecule has 28 heavy (non-hydrogen) atoms. The van der Waals surface area contributed by atoms with Crippen LogP contribution in [0.25, 0.3) is 0 Å². The molecule has 0 aromatic heterocycles. The topological polar surface area (TPSA) is 58.6 Å². The van der Waals surface area contributed by atoms with Gasteiger partial charge in [-0.2, -0.15) is 0 Å². The molecular weight excluding hydrogens is 399 g/mol. The van der Waals surface area contributed by atoms with Gasteiger partial charge in [0.2, 0.25) is 5.91 Å². The van der Waals surface area contributed by atoms with Crippen molar-refractivity contribution in [3.05, 3.63) is 63.6 Å². The highest BCUT2D eigenvalue weighted by Crippen LogP contribution is 2.24. The maximum absolute atomic E-state index is 13.0. The van der Waals surface area contributed by atoms with Gasteiger partial charge in [0.1, 0.15) is 11.8 Å². The van der Waals surface area contributed by atoms with E-state index in [4.69, 9.17) is 27.9 Å². The minimum Gasteiger partial charge on any atom is -0.484 e. The summed E-state index contributed by atoms with van der Waals surface area (Å²) in [7, 11) is 1.55. The van der Waals surface area contributed by atoms with E-state index in [0.717, 1.165) is 11.1 Å². The van der Waals surface area contributed by atoms with Gasteiger partial charge in [-0.25, -0.2) is 0 Å². The lowest BCUT2D eigenvalue weighted by molar-refractivity contribution is -0.142. The highest BCUT2D eigenvalue weighted by atomic mass is 35.5. The van der Waals surface area contributed by atoms with Crippen molar-refractivity contribution in [1.29, 1.82) is 0 Å². The van der Waals surface area contributed by atoms with Gasteiger partial charge in [-0.05, 0) is 42.7 Å². The number of rotatable bonds is 8. The van der Waals surface area contributed by atoms with E-state index in [1.165, 1.54) is 4.90 Å². The lowest BCUT2D eigenvalue weighted by Gasteiger charge is -2.30. The van der Waals surface area contributed by atoms with Crippen LogP contribution < -0.4 is 10.1 Å². The second-order valence-electron chi connectivity index (χ2n) is 6.36. The summed E-state index contributed by atoms with van der Waals surface area (Å²) in [4.78, 5) is 26.8. The third-order valence-corrected chi connectivity index (χ3v) is 5.15. The van der Waals surface area contributed by atoms with Crippen molar-refractivity contribution in [2.24, 2.45) is 0 Å². The fourth-order valence-electron chi connectivity index (χ4n) is 2.86. The molecular formula is C21H24Cl2N2O3. The third-order valence-electron chi connectivity index (χ3n) is 4.41. The predicted molar refractivity (Wildman–Crippen MR) is 112 cm³/mol. The summed E-state index contributed by atoms with van der Waals surface area (Å²) >= 11 is 12.1. The van der Waals surface area contributed by atoms with Gasteiger partial charge in [-0.3, -0.25) is 9.59 Å². The number of halogens is 2. The number of likely N-dealkylation sites (N-methyl/N-ethyl adjacent to an activating group) is 1. The molecule has 0 saturated carbocycles. The Morgan fingerprint density at radius 2 is 1.86 bits per heavy atom. The fraction of sp³-hybridized carbons (Fsp3) is 0.333. The first-order chi connectivity index (χ1) is 13.4. The summed E-state index contributed by atoms with van der Waals surface area (Å²) in [6.07, 6.45) is 0.469. The van der Waals surface area contributed by atoms with E-state index < -0.39 is 6.04 Å². The van der Waals surface area contributed by atoms with Gasteiger partial charge in [0, 0.05) is 13.6 Å². The summed E-state index contributed by atoms with van der Waals surface area (Å²) in [5.74, 6) is 0.120. The molecule has 0 aliphatic rings. The van der Waals surface area contributed by atoms with Crippen LogP contribution in [-0.2, 0) is 16.1 Å². The van der Waals surface area contributed by atoms with Crippen molar-refractivity contribution in [2.75, 3.05) is 13.7 Å². The minimum absolute atomic E-state index is 0.167. The number of para-hydroxylation sites is 1. The second-order valence-corrected chi connectivity index (χ2v) is 7.18. The Balaban J connectivity index is 2.23. The molecule has 7 heteroatoms. The Hall–Kier alpha value is -2.24. The highest BCUT2D eigenvalue weighted by Gasteiger charge is 2.28. The first-order valence-electron chi connectivity index (χ1n) is 9.00. The van der Waals surface area contributed by atoms with Crippen LogP contribution >= 0.6 is 23.2 Å². The number of benzene rings is 2. The first kappa shape index (κ1) is 22.1. The lowest BCUT2D eigenvalue weighted by atomic mass is 10.1. The molecule has 1 N–H and O–H groups in total. The van der Waals surface area contributed by atoms with E-state index in [1.807, 2.05) is 38.1 Å². The molecule has 0 saturated heterocycles. The van der Waals surface area contributed by atoms with E-state index in [2.05, 4.69) is 5.32 Å². The molecule has 0 unspecified atom stereocenters. The van der Waals surface area contributed by atoms with E-state index in [1.54, 1.807) is 25.2 Å². The molecule has 2 aromatic carbocycles. The van der Waals surface area contributed by atoms with Crippen LogP contribution in [-0.4, -0.2) is 36.4 Å². The van der Waals surface area contributed by atoms with Crippen molar-refractivity contribution in [3.63, 3.8) is 0 Å².